The Hall–Kier alpha value is -3.50. The van der Waals surface area contributed by atoms with Crippen LogP contribution in [0.25, 0.3) is 21.0 Å². The van der Waals surface area contributed by atoms with Crippen LogP contribution in [0.15, 0.2) is 47.6 Å². The minimum absolute atomic E-state index is 0.00340. The standard InChI is InChI=1S/C27H26N4O2S/c1-17(2)33-24-11-8-18(14-19(24)15-28)26-29-16-25(34-26)22-7-5-6-21-20(22)9-10-23(21)30-27(32)31-12-3-4-13-31/h5-8,11,14,16-17H,3-4,9-10,12-13H2,1-2H3. The SMILES string of the molecule is CC(C)Oc1ccc(-c2ncc(-c3cccc4c3CCC4=NC(=O)N3CCCC3)s2)cc1C#N. The van der Waals surface area contributed by atoms with E-state index in [2.05, 4.69) is 28.2 Å². The first-order chi connectivity index (χ1) is 16.5. The van der Waals surface area contributed by atoms with Gasteiger partial charge in [-0.3, -0.25) is 0 Å². The van der Waals surface area contributed by atoms with E-state index in [1.54, 1.807) is 11.3 Å². The molecule has 172 valence electrons. The molecule has 0 saturated carbocycles. The van der Waals surface area contributed by atoms with Crippen molar-refractivity contribution in [3.8, 4) is 32.8 Å². The summed E-state index contributed by atoms with van der Waals surface area (Å²) in [5.41, 5.74) is 5.73. The van der Waals surface area contributed by atoms with Crippen molar-refractivity contribution in [2.75, 3.05) is 13.1 Å². The summed E-state index contributed by atoms with van der Waals surface area (Å²) in [6, 6.07) is 14.0. The number of aliphatic imine (C=N–C) groups is 1. The number of rotatable bonds is 4. The second kappa shape index (κ2) is 9.40. The summed E-state index contributed by atoms with van der Waals surface area (Å²) in [5, 5.41) is 10.4. The number of hydrogen-bond acceptors (Lipinski definition) is 5. The van der Waals surface area contributed by atoms with E-state index < -0.39 is 0 Å². The first kappa shape index (κ1) is 22.3. The third kappa shape index (κ3) is 4.34. The van der Waals surface area contributed by atoms with E-state index in [-0.39, 0.29) is 12.1 Å². The van der Waals surface area contributed by atoms with Crippen LogP contribution < -0.4 is 4.74 Å². The molecular weight excluding hydrogens is 444 g/mol. The Morgan fingerprint density at radius 2 is 1.97 bits per heavy atom. The van der Waals surface area contributed by atoms with Crippen molar-refractivity contribution in [3.63, 3.8) is 0 Å². The summed E-state index contributed by atoms with van der Waals surface area (Å²) >= 11 is 1.60. The maximum atomic E-state index is 12.6. The largest absolute Gasteiger partial charge is 0.490 e. The molecule has 1 saturated heterocycles. The molecule has 2 aliphatic rings. The van der Waals surface area contributed by atoms with Crippen molar-refractivity contribution >= 4 is 23.1 Å². The van der Waals surface area contributed by atoms with Gasteiger partial charge in [0.1, 0.15) is 16.8 Å². The number of likely N-dealkylation sites (tertiary alicyclic amines) is 1. The van der Waals surface area contributed by atoms with Crippen LogP contribution in [0.4, 0.5) is 4.79 Å². The van der Waals surface area contributed by atoms with Crippen LogP contribution in [0.3, 0.4) is 0 Å². The average Bonchev–Trinajstić information content (AvgIpc) is 3.60. The fourth-order valence-electron chi connectivity index (χ4n) is 4.59. The summed E-state index contributed by atoms with van der Waals surface area (Å²) in [7, 11) is 0. The lowest BCUT2D eigenvalue weighted by Crippen LogP contribution is -2.25. The van der Waals surface area contributed by atoms with E-state index in [0.29, 0.717) is 11.3 Å². The highest BCUT2D eigenvalue weighted by Gasteiger charge is 2.25. The van der Waals surface area contributed by atoms with Gasteiger partial charge in [0.05, 0.1) is 22.3 Å². The molecule has 1 aliphatic heterocycles. The second-order valence-electron chi connectivity index (χ2n) is 8.89. The Balaban J connectivity index is 1.43. The lowest BCUT2D eigenvalue weighted by atomic mass is 10.0. The van der Waals surface area contributed by atoms with Gasteiger partial charge in [-0.05, 0) is 68.9 Å². The normalized spacial score (nSPS) is 16.2. The number of thiazole rings is 1. The molecule has 1 aliphatic carbocycles. The van der Waals surface area contributed by atoms with E-state index in [9.17, 15) is 10.1 Å². The number of aromatic nitrogens is 1. The molecule has 2 amide bonds. The van der Waals surface area contributed by atoms with Gasteiger partial charge in [-0.15, -0.1) is 11.3 Å². The number of nitrogens with zero attached hydrogens (tertiary/aromatic N) is 4. The smallest absolute Gasteiger partial charge is 0.343 e. The Morgan fingerprint density at radius 1 is 1.18 bits per heavy atom. The van der Waals surface area contributed by atoms with Gasteiger partial charge in [0, 0.05) is 30.4 Å². The van der Waals surface area contributed by atoms with Crippen LogP contribution in [0.2, 0.25) is 0 Å². The summed E-state index contributed by atoms with van der Waals surface area (Å²) in [6.07, 6.45) is 5.67. The first-order valence-corrected chi connectivity index (χ1v) is 12.5. The van der Waals surface area contributed by atoms with E-state index >= 15 is 0 Å². The fourth-order valence-corrected chi connectivity index (χ4v) is 5.55. The Bertz CT molecular complexity index is 1310. The predicted molar refractivity (Wildman–Crippen MR) is 135 cm³/mol. The zero-order chi connectivity index (χ0) is 23.7. The van der Waals surface area contributed by atoms with Crippen molar-refractivity contribution in [2.24, 2.45) is 4.99 Å². The molecule has 0 bridgehead atoms. The molecule has 0 spiro atoms. The maximum absolute atomic E-state index is 12.6. The number of amides is 2. The van der Waals surface area contributed by atoms with Gasteiger partial charge in [0.25, 0.3) is 0 Å². The molecule has 0 atom stereocenters. The molecule has 34 heavy (non-hydrogen) atoms. The molecule has 6 nitrogen and oxygen atoms in total. The van der Waals surface area contributed by atoms with E-state index in [4.69, 9.17) is 4.74 Å². The van der Waals surface area contributed by atoms with E-state index in [1.807, 2.05) is 49.2 Å². The summed E-state index contributed by atoms with van der Waals surface area (Å²) in [6.45, 7) is 5.51. The third-order valence-corrected chi connectivity index (χ3v) is 7.27. The highest BCUT2D eigenvalue weighted by Crippen LogP contribution is 2.38. The highest BCUT2D eigenvalue weighted by molar-refractivity contribution is 7.18. The minimum atomic E-state index is -0.107. The monoisotopic (exact) mass is 470 g/mol. The van der Waals surface area contributed by atoms with Crippen LogP contribution in [-0.4, -0.2) is 40.8 Å². The maximum Gasteiger partial charge on any atom is 0.343 e. The quantitative estimate of drug-likeness (QED) is 0.462. The van der Waals surface area contributed by atoms with Crippen LogP contribution >= 0.6 is 11.3 Å². The number of carbonyl (C=O) groups is 1. The van der Waals surface area contributed by atoms with Crippen molar-refractivity contribution < 1.29 is 9.53 Å². The molecule has 0 unspecified atom stereocenters. The van der Waals surface area contributed by atoms with Crippen molar-refractivity contribution in [2.45, 2.75) is 45.6 Å². The van der Waals surface area contributed by atoms with Gasteiger partial charge >= 0.3 is 6.03 Å². The lowest BCUT2D eigenvalue weighted by Gasteiger charge is -2.12. The topological polar surface area (TPSA) is 78.6 Å². The van der Waals surface area contributed by atoms with Crippen molar-refractivity contribution in [1.82, 2.24) is 9.88 Å². The second-order valence-corrected chi connectivity index (χ2v) is 9.92. The zero-order valence-corrected chi connectivity index (χ0v) is 20.2. The van der Waals surface area contributed by atoms with Crippen molar-refractivity contribution in [1.29, 1.82) is 5.26 Å². The number of benzene rings is 2. The van der Waals surface area contributed by atoms with Gasteiger partial charge in [0.15, 0.2) is 0 Å². The minimum Gasteiger partial charge on any atom is -0.490 e. The predicted octanol–water partition coefficient (Wildman–Crippen LogP) is 6.09. The highest BCUT2D eigenvalue weighted by atomic mass is 32.1. The van der Waals surface area contributed by atoms with Gasteiger partial charge in [-0.1, -0.05) is 18.2 Å². The summed E-state index contributed by atoms with van der Waals surface area (Å²) < 4.78 is 5.74. The molecule has 3 aromatic rings. The fraction of sp³-hybridized carbons (Fsp3) is 0.333. The van der Waals surface area contributed by atoms with Gasteiger partial charge in [-0.25, -0.2) is 9.78 Å². The molecule has 2 heterocycles. The summed E-state index contributed by atoms with van der Waals surface area (Å²) in [4.78, 5) is 24.6. The number of nitriles is 1. The van der Waals surface area contributed by atoms with Crippen molar-refractivity contribution in [3.05, 3.63) is 59.3 Å². The molecule has 1 fully saturated rings. The van der Waals surface area contributed by atoms with Crippen LogP contribution in [0, 0.1) is 11.3 Å². The third-order valence-electron chi connectivity index (χ3n) is 6.19. The van der Waals surface area contributed by atoms with Gasteiger partial charge in [-0.2, -0.15) is 10.3 Å². The Morgan fingerprint density at radius 3 is 2.74 bits per heavy atom. The Labute approximate surface area is 203 Å². The number of fused-ring (bicyclic) bond motifs is 1. The molecule has 0 radical (unpaired) electrons. The van der Waals surface area contributed by atoms with Gasteiger partial charge < -0.3 is 9.64 Å². The zero-order valence-electron chi connectivity index (χ0n) is 19.4. The molecule has 2 aromatic carbocycles. The average molecular weight is 471 g/mol. The number of urea groups is 1. The van der Waals surface area contributed by atoms with Crippen LogP contribution in [-0.2, 0) is 6.42 Å². The summed E-state index contributed by atoms with van der Waals surface area (Å²) in [5.74, 6) is 0.592. The Kier molecular flexibility index (Phi) is 6.16. The van der Waals surface area contributed by atoms with Crippen LogP contribution in [0.1, 0.15) is 49.8 Å². The van der Waals surface area contributed by atoms with E-state index in [0.717, 1.165) is 71.1 Å². The first-order valence-electron chi connectivity index (χ1n) is 11.7. The van der Waals surface area contributed by atoms with E-state index in [1.165, 1.54) is 5.56 Å². The number of carbonyl (C=O) groups excluding carboxylic acids is 1. The molecule has 7 heteroatoms. The molecule has 0 N–H and O–H groups in total. The van der Waals surface area contributed by atoms with Gasteiger partial charge in [0.2, 0.25) is 0 Å². The lowest BCUT2D eigenvalue weighted by molar-refractivity contribution is 0.219. The number of ether oxygens (including phenoxy) is 1. The van der Waals surface area contributed by atoms with Crippen LogP contribution in [0.5, 0.6) is 5.75 Å². The molecular formula is C27H26N4O2S. The molecule has 5 rings (SSSR count). The molecule has 1 aromatic heterocycles. The number of hydrogen-bond donors (Lipinski definition) is 0.